The average molecular weight is 300 g/mol. The Morgan fingerprint density at radius 3 is 2.74 bits per heavy atom. The van der Waals surface area contributed by atoms with Gasteiger partial charge < -0.3 is 5.11 Å². The van der Waals surface area contributed by atoms with Gasteiger partial charge in [0.05, 0.1) is 5.75 Å². The van der Waals surface area contributed by atoms with Gasteiger partial charge in [0.1, 0.15) is 0 Å². The summed E-state index contributed by atoms with van der Waals surface area (Å²) >= 11 is 2.20. The topological polar surface area (TPSA) is 85.6 Å². The quantitative estimate of drug-likeness (QED) is 0.581. The molecule has 9 heteroatoms. The monoisotopic (exact) mass is 300 g/mol. The normalized spacial score (nSPS) is 28.0. The van der Waals surface area contributed by atoms with Crippen LogP contribution in [0.4, 0.5) is 0 Å². The van der Waals surface area contributed by atoms with Crippen molar-refractivity contribution in [3.8, 4) is 0 Å². The van der Waals surface area contributed by atoms with Crippen molar-refractivity contribution >= 4 is 45.7 Å². The van der Waals surface area contributed by atoms with E-state index >= 15 is 0 Å². The Hall–Kier alpha value is -1.32. The van der Waals surface area contributed by atoms with Crippen LogP contribution in [0.15, 0.2) is 22.9 Å². The summed E-state index contributed by atoms with van der Waals surface area (Å²) < 4.78 is 0. The summed E-state index contributed by atoms with van der Waals surface area (Å²) in [6, 6.07) is 0. The minimum absolute atomic E-state index is 0.0487. The number of carbonyl (C=O) groups excluding carboxylic acids is 2. The number of amides is 2. The van der Waals surface area contributed by atoms with Crippen molar-refractivity contribution in [1.29, 1.82) is 0 Å². The Morgan fingerprint density at radius 1 is 1.47 bits per heavy atom. The van der Waals surface area contributed by atoms with Crippen LogP contribution in [0.5, 0.6) is 0 Å². The van der Waals surface area contributed by atoms with Gasteiger partial charge in [-0.3, -0.25) is 19.4 Å². The molecule has 0 bridgehead atoms. The highest BCUT2D eigenvalue weighted by Crippen LogP contribution is 2.25. The van der Waals surface area contributed by atoms with E-state index in [1.54, 1.807) is 6.08 Å². The van der Waals surface area contributed by atoms with Gasteiger partial charge in [0.15, 0.2) is 15.8 Å². The number of amidine groups is 2. The first-order valence-electron chi connectivity index (χ1n) is 5.36. The van der Waals surface area contributed by atoms with Crippen LogP contribution in [0.25, 0.3) is 0 Å². The predicted molar refractivity (Wildman–Crippen MR) is 75.6 cm³/mol. The Balaban J connectivity index is 2.16. The van der Waals surface area contributed by atoms with Crippen LogP contribution in [0, 0.1) is 0 Å². The van der Waals surface area contributed by atoms with Crippen LogP contribution in [-0.2, 0) is 9.59 Å². The lowest BCUT2D eigenvalue weighted by molar-refractivity contribution is -0.130. The standard InChI is InChI=1S/C10H12N4O3S2/c1-3-4-14-6(15)5-18-10(14)12-11-9-13(2)7(16)8(17)19-9/h3,8,17H,1,4-5H2,2H3. The summed E-state index contributed by atoms with van der Waals surface area (Å²) in [5, 5.41) is 18.0. The second-order valence-electron chi connectivity index (χ2n) is 3.71. The number of likely N-dealkylation sites (N-methyl/N-ethyl adjacent to an activating group) is 1. The molecule has 0 saturated carbocycles. The van der Waals surface area contributed by atoms with Gasteiger partial charge in [0.2, 0.25) is 5.91 Å². The van der Waals surface area contributed by atoms with E-state index in [2.05, 4.69) is 16.8 Å². The van der Waals surface area contributed by atoms with E-state index in [-0.39, 0.29) is 5.91 Å². The van der Waals surface area contributed by atoms with Crippen LogP contribution in [0.3, 0.4) is 0 Å². The van der Waals surface area contributed by atoms with Gasteiger partial charge in [0.25, 0.3) is 5.91 Å². The zero-order valence-corrected chi connectivity index (χ0v) is 11.8. The van der Waals surface area contributed by atoms with Crippen LogP contribution in [0.1, 0.15) is 0 Å². The Bertz CT molecular complexity index is 491. The van der Waals surface area contributed by atoms with Crippen molar-refractivity contribution in [2.45, 2.75) is 5.44 Å². The van der Waals surface area contributed by atoms with Crippen molar-refractivity contribution in [1.82, 2.24) is 9.80 Å². The van der Waals surface area contributed by atoms with E-state index < -0.39 is 11.3 Å². The van der Waals surface area contributed by atoms with E-state index in [9.17, 15) is 14.7 Å². The minimum Gasteiger partial charge on any atom is -0.373 e. The fraction of sp³-hybridized carbons (Fsp3) is 0.400. The molecule has 0 aromatic rings. The first-order chi connectivity index (χ1) is 9.04. The molecule has 0 aliphatic carbocycles. The summed E-state index contributed by atoms with van der Waals surface area (Å²) in [7, 11) is 1.51. The second-order valence-corrected chi connectivity index (χ2v) is 5.70. The Morgan fingerprint density at radius 2 is 2.16 bits per heavy atom. The van der Waals surface area contributed by atoms with Crippen LogP contribution >= 0.6 is 23.5 Å². The maximum Gasteiger partial charge on any atom is 0.268 e. The van der Waals surface area contributed by atoms with Gasteiger partial charge in [0, 0.05) is 13.6 Å². The SMILES string of the molecule is C=CCN1C(=O)CSC1=NN=C1SC(O)C(=O)N1C. The number of nitrogens with zero attached hydrogens (tertiary/aromatic N) is 4. The highest BCUT2D eigenvalue weighted by molar-refractivity contribution is 8.15. The first-order valence-corrected chi connectivity index (χ1v) is 7.23. The highest BCUT2D eigenvalue weighted by atomic mass is 32.2. The molecule has 2 aliphatic rings. The van der Waals surface area contributed by atoms with Gasteiger partial charge in [-0.1, -0.05) is 17.8 Å². The zero-order valence-electron chi connectivity index (χ0n) is 10.1. The third-order valence-corrected chi connectivity index (χ3v) is 4.38. The molecule has 1 N–H and O–H groups in total. The van der Waals surface area contributed by atoms with Crippen LogP contribution in [0.2, 0.25) is 0 Å². The van der Waals surface area contributed by atoms with E-state index in [1.165, 1.54) is 28.6 Å². The molecule has 7 nitrogen and oxygen atoms in total. The third kappa shape index (κ3) is 2.82. The smallest absolute Gasteiger partial charge is 0.268 e. The van der Waals surface area contributed by atoms with E-state index in [0.29, 0.717) is 22.6 Å². The van der Waals surface area contributed by atoms with Gasteiger partial charge in [-0.15, -0.1) is 16.8 Å². The molecular formula is C10H12N4O3S2. The number of carbonyl (C=O) groups is 2. The number of aliphatic hydroxyl groups is 1. The lowest BCUT2D eigenvalue weighted by Gasteiger charge is -2.12. The largest absolute Gasteiger partial charge is 0.373 e. The average Bonchev–Trinajstić information content (AvgIpc) is 2.85. The molecule has 0 radical (unpaired) electrons. The first kappa shape index (κ1) is 14.1. The lowest BCUT2D eigenvalue weighted by atomic mass is 10.5. The maximum atomic E-state index is 11.6. The van der Waals surface area contributed by atoms with Crippen molar-refractivity contribution in [2.75, 3.05) is 19.3 Å². The summed E-state index contributed by atoms with van der Waals surface area (Å²) in [6.07, 6.45) is 1.61. The number of aliphatic hydroxyl groups excluding tert-OH is 1. The van der Waals surface area contributed by atoms with Gasteiger partial charge in [-0.2, -0.15) is 0 Å². The molecule has 2 rings (SSSR count). The van der Waals surface area contributed by atoms with Crippen LogP contribution in [-0.4, -0.2) is 61.8 Å². The number of rotatable bonds is 3. The second kappa shape index (κ2) is 5.76. The molecule has 1 unspecified atom stereocenters. The fourth-order valence-electron chi connectivity index (χ4n) is 1.45. The van der Waals surface area contributed by atoms with Gasteiger partial charge in [-0.05, 0) is 11.8 Å². The van der Waals surface area contributed by atoms with E-state index in [0.717, 1.165) is 11.8 Å². The molecule has 2 fully saturated rings. The van der Waals surface area contributed by atoms with Crippen molar-refractivity contribution < 1.29 is 14.7 Å². The molecule has 0 aromatic carbocycles. The van der Waals surface area contributed by atoms with Gasteiger partial charge in [-0.25, -0.2) is 0 Å². The molecule has 0 aromatic heterocycles. The zero-order chi connectivity index (χ0) is 14.0. The van der Waals surface area contributed by atoms with Gasteiger partial charge >= 0.3 is 0 Å². The molecule has 1 atom stereocenters. The predicted octanol–water partition coefficient (Wildman–Crippen LogP) is -0.102. The summed E-state index contributed by atoms with van der Waals surface area (Å²) in [6.45, 7) is 3.95. The Labute approximate surface area is 118 Å². The lowest BCUT2D eigenvalue weighted by Crippen LogP contribution is -2.30. The molecule has 2 amide bonds. The van der Waals surface area contributed by atoms with Crippen LogP contribution < -0.4 is 0 Å². The molecule has 2 saturated heterocycles. The number of hydrogen-bond acceptors (Lipinski definition) is 7. The molecule has 2 heterocycles. The third-order valence-electron chi connectivity index (χ3n) is 2.44. The fourth-order valence-corrected chi connectivity index (χ4v) is 3.08. The molecule has 102 valence electrons. The number of thioether (sulfide) groups is 2. The van der Waals surface area contributed by atoms with E-state index in [1.807, 2.05) is 0 Å². The Kier molecular flexibility index (Phi) is 4.27. The maximum absolute atomic E-state index is 11.6. The molecular weight excluding hydrogens is 288 g/mol. The van der Waals surface area contributed by atoms with Crippen molar-refractivity contribution in [3.05, 3.63) is 12.7 Å². The van der Waals surface area contributed by atoms with E-state index in [4.69, 9.17) is 0 Å². The summed E-state index contributed by atoms with van der Waals surface area (Å²) in [4.78, 5) is 25.6. The van der Waals surface area contributed by atoms with Crippen molar-refractivity contribution in [2.24, 2.45) is 10.2 Å². The molecule has 0 spiro atoms. The molecule has 19 heavy (non-hydrogen) atoms. The highest BCUT2D eigenvalue weighted by Gasteiger charge is 2.34. The number of hydrogen-bond donors (Lipinski definition) is 1. The summed E-state index contributed by atoms with van der Waals surface area (Å²) in [5.41, 5.74) is -1.13. The minimum atomic E-state index is -1.13. The van der Waals surface area contributed by atoms with Crippen molar-refractivity contribution in [3.63, 3.8) is 0 Å². The summed E-state index contributed by atoms with van der Waals surface area (Å²) in [5.74, 6) is -0.156. The molecule has 2 aliphatic heterocycles.